The number of nitrogens with zero attached hydrogens (tertiary/aromatic N) is 3. The Morgan fingerprint density at radius 1 is 0.974 bits per heavy atom. The number of benzene rings is 3. The molecule has 1 aromatic heterocycles. The van der Waals surface area contributed by atoms with E-state index in [9.17, 15) is 4.79 Å². The van der Waals surface area contributed by atoms with Crippen molar-refractivity contribution in [2.24, 2.45) is 4.99 Å². The Labute approximate surface area is 227 Å². The molecule has 4 aromatic rings. The second kappa shape index (κ2) is 11.5. The SMILES string of the molecule is CCOC1N=C(C)C(c2ccc(OC(C)C)cc2)=CN1Cc1ccc(-c2ccccc2-c2noc(=O)[nH]2)cc1. The zero-order chi connectivity index (χ0) is 27.4. The zero-order valence-electron chi connectivity index (χ0n) is 22.5. The molecule has 0 saturated carbocycles. The van der Waals surface area contributed by atoms with Crippen LogP contribution in [0.5, 0.6) is 5.75 Å². The van der Waals surface area contributed by atoms with Crippen LogP contribution < -0.4 is 10.5 Å². The van der Waals surface area contributed by atoms with E-state index in [-0.39, 0.29) is 6.10 Å². The molecule has 1 N–H and O–H groups in total. The molecular formula is C31H32N4O4. The molecule has 0 fully saturated rings. The normalized spacial score (nSPS) is 15.3. The monoisotopic (exact) mass is 524 g/mol. The van der Waals surface area contributed by atoms with Crippen LogP contribution in [0.4, 0.5) is 0 Å². The van der Waals surface area contributed by atoms with E-state index in [0.717, 1.165) is 44.9 Å². The first-order valence-electron chi connectivity index (χ1n) is 13.1. The van der Waals surface area contributed by atoms with Crippen LogP contribution in [0.2, 0.25) is 0 Å². The number of nitrogens with one attached hydrogen (secondary N) is 1. The first-order chi connectivity index (χ1) is 18.9. The van der Waals surface area contributed by atoms with Gasteiger partial charge < -0.3 is 14.4 Å². The van der Waals surface area contributed by atoms with Crippen molar-refractivity contribution in [1.29, 1.82) is 0 Å². The number of hydrogen-bond donors (Lipinski definition) is 1. The van der Waals surface area contributed by atoms with Crippen molar-refractivity contribution >= 4 is 11.3 Å². The van der Waals surface area contributed by atoms with Crippen LogP contribution >= 0.6 is 0 Å². The molecule has 1 atom stereocenters. The lowest BCUT2D eigenvalue weighted by atomic mass is 9.98. The van der Waals surface area contributed by atoms with E-state index in [1.807, 2.05) is 64.1 Å². The van der Waals surface area contributed by atoms with Gasteiger partial charge in [0, 0.05) is 36.2 Å². The standard InChI is InChI=1S/C31H32N4O4/c1-5-37-30-32-21(4)28(24-14-16-25(17-15-24)38-20(2)3)19-35(30)18-22-10-12-23(13-11-22)26-8-6-7-9-27(26)29-33-31(36)39-34-29/h6-17,19-20,30H,5,18H2,1-4H3,(H,33,34,36). The molecule has 0 radical (unpaired) electrons. The predicted molar refractivity (Wildman–Crippen MR) is 152 cm³/mol. The number of allylic oxidation sites excluding steroid dienone is 1. The molecule has 200 valence electrons. The second-order valence-corrected chi connectivity index (χ2v) is 9.59. The lowest BCUT2D eigenvalue weighted by Gasteiger charge is -2.32. The van der Waals surface area contributed by atoms with Gasteiger partial charge in [-0.1, -0.05) is 65.8 Å². The molecule has 0 spiro atoms. The van der Waals surface area contributed by atoms with Crippen LogP contribution in [-0.4, -0.2) is 39.8 Å². The molecule has 8 nitrogen and oxygen atoms in total. The van der Waals surface area contributed by atoms with E-state index in [0.29, 0.717) is 19.0 Å². The van der Waals surface area contributed by atoms with E-state index >= 15 is 0 Å². The topological polar surface area (TPSA) is 92.9 Å². The van der Waals surface area contributed by atoms with Gasteiger partial charge in [-0.3, -0.25) is 9.51 Å². The summed E-state index contributed by atoms with van der Waals surface area (Å²) in [5.41, 5.74) is 6.92. The smallest absolute Gasteiger partial charge is 0.439 e. The maximum atomic E-state index is 11.5. The summed E-state index contributed by atoms with van der Waals surface area (Å²) in [4.78, 5) is 21.1. The lowest BCUT2D eigenvalue weighted by molar-refractivity contribution is -0.0291. The molecule has 1 unspecified atom stereocenters. The number of rotatable bonds is 9. The first-order valence-corrected chi connectivity index (χ1v) is 13.1. The highest BCUT2D eigenvalue weighted by molar-refractivity contribution is 6.23. The zero-order valence-corrected chi connectivity index (χ0v) is 22.5. The number of aliphatic imine (C=N–C) groups is 1. The molecule has 0 aliphatic carbocycles. The Morgan fingerprint density at radius 2 is 1.67 bits per heavy atom. The van der Waals surface area contributed by atoms with E-state index < -0.39 is 12.1 Å². The quantitative estimate of drug-likeness (QED) is 0.283. The first kappa shape index (κ1) is 26.2. The van der Waals surface area contributed by atoms with Gasteiger partial charge in [-0.2, -0.15) is 0 Å². The van der Waals surface area contributed by atoms with Gasteiger partial charge in [0.1, 0.15) is 5.75 Å². The van der Waals surface area contributed by atoms with E-state index in [1.54, 1.807) is 0 Å². The predicted octanol–water partition coefficient (Wildman–Crippen LogP) is 6.12. The third-order valence-electron chi connectivity index (χ3n) is 6.38. The average Bonchev–Trinajstić information content (AvgIpc) is 3.37. The molecule has 2 heterocycles. The highest BCUT2D eigenvalue weighted by Crippen LogP contribution is 2.31. The molecule has 0 bridgehead atoms. The molecule has 1 aliphatic heterocycles. The van der Waals surface area contributed by atoms with Gasteiger partial charge in [-0.25, -0.2) is 9.79 Å². The Bertz CT molecular complexity index is 1530. The van der Waals surface area contributed by atoms with Gasteiger partial charge in [0.2, 0.25) is 6.35 Å². The lowest BCUT2D eigenvalue weighted by Crippen LogP contribution is -2.35. The van der Waals surface area contributed by atoms with Crippen LogP contribution in [0.15, 0.2) is 93.3 Å². The van der Waals surface area contributed by atoms with E-state index in [2.05, 4.69) is 57.6 Å². The maximum Gasteiger partial charge on any atom is 0.439 e. The Hall–Kier alpha value is -4.43. The van der Waals surface area contributed by atoms with Crippen LogP contribution in [-0.2, 0) is 11.3 Å². The summed E-state index contributed by atoms with van der Waals surface area (Å²) < 4.78 is 16.5. The van der Waals surface area contributed by atoms with Gasteiger partial charge in [-0.15, -0.1) is 0 Å². The van der Waals surface area contributed by atoms with Gasteiger partial charge in [-0.05, 0) is 62.1 Å². The van der Waals surface area contributed by atoms with Crippen molar-refractivity contribution in [2.45, 2.75) is 46.7 Å². The molecule has 0 saturated heterocycles. The van der Waals surface area contributed by atoms with Crippen molar-refractivity contribution < 1.29 is 14.0 Å². The summed E-state index contributed by atoms with van der Waals surface area (Å²) in [5.74, 6) is 0.674. The maximum absolute atomic E-state index is 11.5. The molecular weight excluding hydrogens is 492 g/mol. The minimum atomic E-state index is -0.578. The summed E-state index contributed by atoms with van der Waals surface area (Å²) in [7, 11) is 0. The van der Waals surface area contributed by atoms with Crippen molar-refractivity contribution in [3.8, 4) is 28.3 Å². The Balaban J connectivity index is 1.39. The highest BCUT2D eigenvalue weighted by atomic mass is 16.5. The summed E-state index contributed by atoms with van der Waals surface area (Å²) >= 11 is 0. The van der Waals surface area contributed by atoms with Crippen LogP contribution in [0.3, 0.4) is 0 Å². The number of H-pyrrole nitrogens is 1. The van der Waals surface area contributed by atoms with E-state index in [4.69, 9.17) is 19.0 Å². The molecule has 0 amide bonds. The minimum absolute atomic E-state index is 0.127. The molecule has 8 heteroatoms. The van der Waals surface area contributed by atoms with Gasteiger partial charge in [0.15, 0.2) is 5.82 Å². The van der Waals surface area contributed by atoms with Crippen LogP contribution in [0, 0.1) is 0 Å². The summed E-state index contributed by atoms with van der Waals surface area (Å²) in [6, 6.07) is 24.2. The van der Waals surface area contributed by atoms with Crippen molar-refractivity contribution in [3.05, 3.63) is 101 Å². The van der Waals surface area contributed by atoms with Gasteiger partial charge in [0.05, 0.1) is 6.10 Å². The van der Waals surface area contributed by atoms with Crippen LogP contribution in [0.1, 0.15) is 38.8 Å². The second-order valence-electron chi connectivity index (χ2n) is 9.59. The molecule has 3 aromatic carbocycles. The number of aromatic amines is 1. The third-order valence-corrected chi connectivity index (χ3v) is 6.38. The number of ether oxygens (including phenoxy) is 2. The fraction of sp³-hybridized carbons (Fsp3) is 0.258. The average molecular weight is 525 g/mol. The van der Waals surface area contributed by atoms with Crippen molar-refractivity contribution in [1.82, 2.24) is 15.0 Å². The Morgan fingerprint density at radius 3 is 2.31 bits per heavy atom. The highest BCUT2D eigenvalue weighted by Gasteiger charge is 2.23. The molecule has 1 aliphatic rings. The minimum Gasteiger partial charge on any atom is -0.491 e. The summed E-state index contributed by atoms with van der Waals surface area (Å²) in [5, 5.41) is 3.86. The van der Waals surface area contributed by atoms with Gasteiger partial charge >= 0.3 is 5.76 Å². The van der Waals surface area contributed by atoms with Gasteiger partial charge in [0.25, 0.3) is 0 Å². The van der Waals surface area contributed by atoms with Crippen molar-refractivity contribution in [2.75, 3.05) is 6.61 Å². The molecule has 5 rings (SSSR count). The number of aromatic nitrogens is 2. The summed E-state index contributed by atoms with van der Waals surface area (Å²) in [6.07, 6.45) is 1.86. The van der Waals surface area contributed by atoms with Crippen molar-refractivity contribution in [3.63, 3.8) is 0 Å². The van der Waals surface area contributed by atoms with Crippen LogP contribution in [0.25, 0.3) is 28.1 Å². The molecule has 39 heavy (non-hydrogen) atoms. The fourth-order valence-electron chi connectivity index (χ4n) is 4.59. The largest absolute Gasteiger partial charge is 0.491 e. The third kappa shape index (κ3) is 6.02. The van der Waals surface area contributed by atoms with E-state index in [1.165, 1.54) is 0 Å². The summed E-state index contributed by atoms with van der Waals surface area (Å²) in [6.45, 7) is 9.21. The fourth-order valence-corrected chi connectivity index (χ4v) is 4.59. The Kier molecular flexibility index (Phi) is 7.74. The number of hydrogen-bond acceptors (Lipinski definition) is 7.